The van der Waals surface area contributed by atoms with Crippen molar-refractivity contribution in [2.24, 2.45) is 0 Å². The summed E-state index contributed by atoms with van der Waals surface area (Å²) in [5.74, 6) is 0. The van der Waals surface area contributed by atoms with Crippen LogP contribution in [0.2, 0.25) is 0 Å². The van der Waals surface area contributed by atoms with Crippen LogP contribution in [-0.4, -0.2) is 0 Å². The highest BCUT2D eigenvalue weighted by Gasteiger charge is 2.39. The minimum absolute atomic E-state index is 0.0603. The Morgan fingerprint density at radius 3 is 1.23 bits per heavy atom. The van der Waals surface area contributed by atoms with E-state index < -0.39 is 0 Å². The molecule has 0 heteroatoms. The van der Waals surface area contributed by atoms with Crippen LogP contribution in [-0.2, 0) is 16.2 Å². The van der Waals surface area contributed by atoms with Crippen molar-refractivity contribution in [2.45, 2.75) is 64.7 Å². The first-order chi connectivity index (χ1) is 10.1. The third-order valence-corrected chi connectivity index (χ3v) is 5.53. The van der Waals surface area contributed by atoms with E-state index in [2.05, 4.69) is 103 Å². The van der Waals surface area contributed by atoms with Crippen LogP contribution in [0.4, 0.5) is 0 Å². The lowest BCUT2D eigenvalue weighted by atomic mass is 9.61. The first-order valence-electron chi connectivity index (χ1n) is 8.23. The number of benzene rings is 2. The number of hydrogen-bond acceptors (Lipinski definition) is 0. The van der Waals surface area contributed by atoms with Gasteiger partial charge in [-0.25, -0.2) is 0 Å². The van der Waals surface area contributed by atoms with Gasteiger partial charge in [-0.15, -0.1) is 0 Å². The Hall–Kier alpha value is -1.56. The van der Waals surface area contributed by atoms with Gasteiger partial charge in [-0.2, -0.15) is 0 Å². The fourth-order valence-corrected chi connectivity index (χ4v) is 2.96. The zero-order valence-electron chi connectivity index (χ0n) is 15.2. The van der Waals surface area contributed by atoms with Gasteiger partial charge >= 0.3 is 0 Å². The van der Waals surface area contributed by atoms with Crippen LogP contribution >= 0.6 is 0 Å². The second kappa shape index (κ2) is 5.57. The second-order valence-corrected chi connectivity index (χ2v) is 8.44. The van der Waals surface area contributed by atoms with E-state index in [1.165, 1.54) is 16.7 Å². The molecule has 0 N–H and O–H groups in total. The highest BCUT2D eigenvalue weighted by molar-refractivity contribution is 5.38. The minimum atomic E-state index is 0.0603. The molecule has 0 atom stereocenters. The maximum absolute atomic E-state index is 2.35. The van der Waals surface area contributed by atoms with E-state index in [-0.39, 0.29) is 16.2 Å². The van der Waals surface area contributed by atoms with Gasteiger partial charge in [-0.05, 0) is 32.9 Å². The van der Waals surface area contributed by atoms with Crippen molar-refractivity contribution in [3.05, 3.63) is 71.3 Å². The van der Waals surface area contributed by atoms with Gasteiger partial charge < -0.3 is 0 Å². The summed E-state index contributed by atoms with van der Waals surface area (Å²) in [6, 6.07) is 20.0. The fraction of sp³-hybridized carbons (Fsp3) is 0.455. The maximum Gasteiger partial charge on any atom is -0.00120 e. The van der Waals surface area contributed by atoms with E-state index in [0.717, 1.165) is 0 Å². The van der Waals surface area contributed by atoms with Crippen LogP contribution in [0.3, 0.4) is 0 Å². The predicted octanol–water partition coefficient (Wildman–Crippen LogP) is 6.24. The molecule has 0 radical (unpaired) electrons. The van der Waals surface area contributed by atoms with E-state index in [4.69, 9.17) is 0 Å². The van der Waals surface area contributed by atoms with Crippen LogP contribution < -0.4 is 0 Å². The highest BCUT2D eigenvalue weighted by Crippen LogP contribution is 2.43. The monoisotopic (exact) mass is 294 g/mol. The lowest BCUT2D eigenvalue weighted by Crippen LogP contribution is -2.40. The lowest BCUT2D eigenvalue weighted by Gasteiger charge is -2.43. The Morgan fingerprint density at radius 1 is 0.455 bits per heavy atom. The quantitative estimate of drug-likeness (QED) is 0.628. The molecule has 0 aromatic heterocycles. The van der Waals surface area contributed by atoms with Gasteiger partial charge in [-0.1, -0.05) is 103 Å². The summed E-state index contributed by atoms with van der Waals surface area (Å²) in [7, 11) is 0. The molecule has 0 aliphatic carbocycles. The Morgan fingerprint density at radius 2 is 0.818 bits per heavy atom. The Kier molecular flexibility index (Phi) is 4.26. The Bertz CT molecular complexity index is 607. The molecule has 0 saturated carbocycles. The number of rotatable bonds is 3. The predicted molar refractivity (Wildman–Crippen MR) is 97.6 cm³/mol. The molecule has 0 spiro atoms. The molecule has 22 heavy (non-hydrogen) atoms. The summed E-state index contributed by atoms with van der Waals surface area (Å²) in [5, 5.41) is 0. The number of hydrogen-bond donors (Lipinski definition) is 0. The Balaban J connectivity index is 2.41. The second-order valence-electron chi connectivity index (χ2n) is 8.44. The molecule has 2 aromatic carbocycles. The van der Waals surface area contributed by atoms with Crippen LogP contribution in [0.1, 0.15) is 65.2 Å². The van der Waals surface area contributed by atoms with E-state index >= 15 is 0 Å². The van der Waals surface area contributed by atoms with Crippen LogP contribution in [0.5, 0.6) is 0 Å². The summed E-state index contributed by atoms with van der Waals surface area (Å²) < 4.78 is 0. The van der Waals surface area contributed by atoms with Crippen molar-refractivity contribution in [3.8, 4) is 0 Å². The molecular formula is C22H30. The fourth-order valence-electron chi connectivity index (χ4n) is 2.96. The van der Waals surface area contributed by atoms with Crippen molar-refractivity contribution < 1.29 is 0 Å². The third-order valence-electron chi connectivity index (χ3n) is 5.53. The van der Waals surface area contributed by atoms with Gasteiger partial charge in [0.2, 0.25) is 0 Å². The van der Waals surface area contributed by atoms with Crippen LogP contribution in [0.15, 0.2) is 54.6 Å². The van der Waals surface area contributed by atoms with E-state index in [1.54, 1.807) is 0 Å². The molecule has 0 bridgehead atoms. The lowest BCUT2D eigenvalue weighted by molar-refractivity contribution is 0.303. The zero-order valence-corrected chi connectivity index (χ0v) is 15.2. The van der Waals surface area contributed by atoms with Crippen molar-refractivity contribution in [2.75, 3.05) is 0 Å². The van der Waals surface area contributed by atoms with Crippen LogP contribution in [0.25, 0.3) is 0 Å². The van der Waals surface area contributed by atoms with E-state index in [9.17, 15) is 0 Å². The van der Waals surface area contributed by atoms with E-state index in [1.807, 2.05) is 0 Å². The minimum Gasteiger partial charge on any atom is -0.0622 e. The molecule has 0 fully saturated rings. The molecule has 2 rings (SSSR count). The topological polar surface area (TPSA) is 0 Å². The normalized spacial score (nSPS) is 13.2. The first-order valence-corrected chi connectivity index (χ1v) is 8.23. The standard InChI is InChI=1S/C22H30/c1-20(2,3)17-13-15-19(16-14-17)22(6,7)21(4,5)18-11-9-8-10-12-18/h8-16H,1-7H3. The maximum atomic E-state index is 2.35. The van der Waals surface area contributed by atoms with Gasteiger partial charge in [0.15, 0.2) is 0 Å². The smallest absolute Gasteiger partial charge is 0.00120 e. The molecule has 0 unspecified atom stereocenters. The average molecular weight is 294 g/mol. The molecule has 0 aliphatic rings. The average Bonchev–Trinajstić information content (AvgIpc) is 2.47. The van der Waals surface area contributed by atoms with Gasteiger partial charge in [0, 0.05) is 0 Å². The summed E-state index contributed by atoms with van der Waals surface area (Å²) >= 11 is 0. The van der Waals surface area contributed by atoms with Gasteiger partial charge in [0.1, 0.15) is 0 Å². The van der Waals surface area contributed by atoms with Gasteiger partial charge in [0.25, 0.3) is 0 Å². The molecule has 0 heterocycles. The highest BCUT2D eigenvalue weighted by atomic mass is 14.4. The van der Waals surface area contributed by atoms with Crippen molar-refractivity contribution in [1.29, 1.82) is 0 Å². The molecule has 2 aromatic rings. The molecule has 0 nitrogen and oxygen atoms in total. The van der Waals surface area contributed by atoms with Gasteiger partial charge in [-0.3, -0.25) is 0 Å². The van der Waals surface area contributed by atoms with Gasteiger partial charge in [0.05, 0.1) is 0 Å². The SMILES string of the molecule is CC(C)(C)c1ccc(C(C)(C)C(C)(C)c2ccccc2)cc1. The molecule has 0 saturated heterocycles. The van der Waals surface area contributed by atoms with Crippen molar-refractivity contribution >= 4 is 0 Å². The summed E-state index contributed by atoms with van der Waals surface area (Å²) in [4.78, 5) is 0. The van der Waals surface area contributed by atoms with Crippen LogP contribution in [0, 0.1) is 0 Å². The summed E-state index contributed by atoms with van der Waals surface area (Å²) in [5.41, 5.74) is 4.51. The molecule has 0 amide bonds. The van der Waals surface area contributed by atoms with E-state index in [0.29, 0.717) is 0 Å². The Labute approximate surface area is 136 Å². The molecule has 0 aliphatic heterocycles. The summed E-state index contributed by atoms with van der Waals surface area (Å²) in [6.45, 7) is 16.2. The summed E-state index contributed by atoms with van der Waals surface area (Å²) in [6.07, 6.45) is 0. The first kappa shape index (κ1) is 16.8. The molecule has 118 valence electrons. The zero-order chi connectivity index (χ0) is 16.6. The van der Waals surface area contributed by atoms with Crippen molar-refractivity contribution in [1.82, 2.24) is 0 Å². The third kappa shape index (κ3) is 2.97. The molecular weight excluding hydrogens is 264 g/mol. The largest absolute Gasteiger partial charge is 0.0622 e. The van der Waals surface area contributed by atoms with Crippen molar-refractivity contribution in [3.63, 3.8) is 0 Å².